The van der Waals surface area contributed by atoms with Crippen LogP contribution in [0.5, 0.6) is 0 Å². The molecule has 1 amide bonds. The summed E-state index contributed by atoms with van der Waals surface area (Å²) >= 11 is 0. The minimum absolute atomic E-state index is 0.209. The van der Waals surface area contributed by atoms with Gasteiger partial charge < -0.3 is 16.0 Å². The summed E-state index contributed by atoms with van der Waals surface area (Å²) in [6.45, 7) is 1.74. The molecule has 7 nitrogen and oxygen atoms in total. The lowest BCUT2D eigenvalue weighted by atomic mass is 10.1. The Kier molecular flexibility index (Phi) is 3.16. The molecule has 1 atom stereocenters. The Morgan fingerprint density at radius 1 is 1.59 bits per heavy atom. The second kappa shape index (κ2) is 4.76. The molecule has 1 aliphatic heterocycles. The number of piperazine rings is 1. The number of hydrogen-bond acceptors (Lipinski definition) is 6. The number of primary amides is 1. The second-order valence-electron chi connectivity index (χ2n) is 3.66. The van der Waals surface area contributed by atoms with Crippen molar-refractivity contribution in [2.75, 3.05) is 24.5 Å². The molecule has 2 heterocycles. The molecule has 17 heavy (non-hydrogen) atoms. The normalized spacial score (nSPS) is 19.7. The molecule has 1 unspecified atom stereocenters. The maximum Gasteiger partial charge on any atom is 0.241 e. The average Bonchev–Trinajstić information content (AvgIpc) is 2.38. The summed E-state index contributed by atoms with van der Waals surface area (Å²) in [5.74, 6) is -0.0213. The Morgan fingerprint density at radius 2 is 2.35 bits per heavy atom. The molecule has 88 valence electrons. The molecule has 2 rings (SSSR count). The third kappa shape index (κ3) is 2.16. The van der Waals surface area contributed by atoms with Gasteiger partial charge in [0.1, 0.15) is 12.1 Å². The molecule has 0 bridgehead atoms. The van der Waals surface area contributed by atoms with Gasteiger partial charge in [-0.2, -0.15) is 5.26 Å². The van der Waals surface area contributed by atoms with Gasteiger partial charge in [0.2, 0.25) is 5.91 Å². The van der Waals surface area contributed by atoms with Gasteiger partial charge in [-0.3, -0.25) is 4.79 Å². The maximum absolute atomic E-state index is 11.3. The Bertz CT molecular complexity index is 468. The first kappa shape index (κ1) is 11.3. The number of nitrogens with one attached hydrogen (secondary N) is 1. The molecule has 1 aromatic rings. The van der Waals surface area contributed by atoms with Crippen LogP contribution in [-0.2, 0) is 4.79 Å². The van der Waals surface area contributed by atoms with Gasteiger partial charge in [-0.1, -0.05) is 0 Å². The zero-order valence-corrected chi connectivity index (χ0v) is 9.13. The molecule has 0 saturated carbocycles. The number of nitrogens with zero attached hydrogens (tertiary/aromatic N) is 4. The van der Waals surface area contributed by atoms with Crippen molar-refractivity contribution in [1.82, 2.24) is 15.3 Å². The minimum Gasteiger partial charge on any atom is -0.368 e. The third-order valence-corrected chi connectivity index (χ3v) is 2.63. The van der Waals surface area contributed by atoms with E-state index in [9.17, 15) is 4.79 Å². The Labute approximate surface area is 98.3 Å². The van der Waals surface area contributed by atoms with Crippen molar-refractivity contribution in [2.45, 2.75) is 6.04 Å². The molecular weight excluding hydrogens is 220 g/mol. The molecule has 1 aromatic heterocycles. The fourth-order valence-electron chi connectivity index (χ4n) is 1.83. The topological polar surface area (TPSA) is 108 Å². The highest BCUT2D eigenvalue weighted by atomic mass is 16.1. The summed E-state index contributed by atoms with van der Waals surface area (Å²) in [6.07, 6.45) is 2.94. The van der Waals surface area contributed by atoms with Crippen molar-refractivity contribution < 1.29 is 4.79 Å². The number of hydrogen-bond donors (Lipinski definition) is 2. The molecule has 3 N–H and O–H groups in total. The Morgan fingerprint density at radius 3 is 3.06 bits per heavy atom. The van der Waals surface area contributed by atoms with E-state index in [1.165, 1.54) is 12.4 Å². The zero-order valence-electron chi connectivity index (χ0n) is 9.13. The summed E-state index contributed by atoms with van der Waals surface area (Å²) in [5, 5.41) is 12.0. The van der Waals surface area contributed by atoms with Crippen LogP contribution in [-0.4, -0.2) is 41.6 Å². The SMILES string of the molecule is N#Cc1nccnc1N1CCNCC1C(N)=O. The molecule has 0 aromatic carbocycles. The second-order valence-corrected chi connectivity index (χ2v) is 3.66. The number of nitrogens with two attached hydrogens (primary N) is 1. The summed E-state index contributed by atoms with van der Waals surface area (Å²) < 4.78 is 0. The molecule has 0 radical (unpaired) electrons. The van der Waals surface area contributed by atoms with E-state index < -0.39 is 11.9 Å². The van der Waals surface area contributed by atoms with Gasteiger partial charge >= 0.3 is 0 Å². The minimum atomic E-state index is -0.493. The predicted molar refractivity (Wildman–Crippen MR) is 59.9 cm³/mol. The monoisotopic (exact) mass is 232 g/mol. The number of nitriles is 1. The van der Waals surface area contributed by atoms with Gasteiger partial charge in [-0.25, -0.2) is 9.97 Å². The Hall–Kier alpha value is -2.20. The van der Waals surface area contributed by atoms with Gasteiger partial charge in [-0.05, 0) is 0 Å². The lowest BCUT2D eigenvalue weighted by molar-refractivity contribution is -0.119. The van der Waals surface area contributed by atoms with E-state index in [2.05, 4.69) is 15.3 Å². The third-order valence-electron chi connectivity index (χ3n) is 2.63. The quantitative estimate of drug-likeness (QED) is 0.650. The maximum atomic E-state index is 11.3. The fourth-order valence-corrected chi connectivity index (χ4v) is 1.83. The predicted octanol–water partition coefficient (Wildman–Crippen LogP) is -1.39. The number of amides is 1. The van der Waals surface area contributed by atoms with Crippen molar-refractivity contribution in [1.29, 1.82) is 5.26 Å². The van der Waals surface area contributed by atoms with E-state index in [-0.39, 0.29) is 5.69 Å². The molecule has 0 aliphatic carbocycles. The van der Waals surface area contributed by atoms with Crippen molar-refractivity contribution in [3.8, 4) is 6.07 Å². The van der Waals surface area contributed by atoms with Gasteiger partial charge in [0, 0.05) is 32.0 Å². The van der Waals surface area contributed by atoms with Crippen molar-refractivity contribution in [2.24, 2.45) is 5.73 Å². The van der Waals surface area contributed by atoms with Gasteiger partial charge in [0.15, 0.2) is 11.5 Å². The fraction of sp³-hybridized carbons (Fsp3) is 0.400. The lowest BCUT2D eigenvalue weighted by Gasteiger charge is -2.35. The largest absolute Gasteiger partial charge is 0.368 e. The number of anilines is 1. The van der Waals surface area contributed by atoms with Crippen LogP contribution in [0.25, 0.3) is 0 Å². The van der Waals surface area contributed by atoms with Gasteiger partial charge in [0.05, 0.1) is 0 Å². The summed E-state index contributed by atoms with van der Waals surface area (Å²) in [6, 6.07) is 1.47. The van der Waals surface area contributed by atoms with E-state index >= 15 is 0 Å². The highest BCUT2D eigenvalue weighted by Crippen LogP contribution is 2.17. The van der Waals surface area contributed by atoms with E-state index in [0.29, 0.717) is 25.5 Å². The van der Waals surface area contributed by atoms with Crippen molar-refractivity contribution in [3.05, 3.63) is 18.1 Å². The number of aromatic nitrogens is 2. The molecule has 1 fully saturated rings. The van der Waals surface area contributed by atoms with Crippen LogP contribution in [0.4, 0.5) is 5.82 Å². The van der Waals surface area contributed by atoms with Crippen molar-refractivity contribution >= 4 is 11.7 Å². The first-order valence-electron chi connectivity index (χ1n) is 5.22. The molecule has 1 aliphatic rings. The van der Waals surface area contributed by atoms with E-state index in [1.807, 2.05) is 6.07 Å². The lowest BCUT2D eigenvalue weighted by Crippen LogP contribution is -2.57. The van der Waals surface area contributed by atoms with Crippen LogP contribution in [0, 0.1) is 11.3 Å². The van der Waals surface area contributed by atoms with Crippen LogP contribution in [0.3, 0.4) is 0 Å². The van der Waals surface area contributed by atoms with Crippen molar-refractivity contribution in [3.63, 3.8) is 0 Å². The van der Waals surface area contributed by atoms with Gasteiger partial charge in [0.25, 0.3) is 0 Å². The first-order chi connectivity index (χ1) is 8.24. The molecule has 0 spiro atoms. The molecular formula is C10H12N6O. The van der Waals surface area contributed by atoms with E-state index in [1.54, 1.807) is 4.90 Å². The number of rotatable bonds is 2. The van der Waals surface area contributed by atoms with Crippen LogP contribution in [0.1, 0.15) is 5.69 Å². The van der Waals surface area contributed by atoms with Crippen LogP contribution >= 0.6 is 0 Å². The highest BCUT2D eigenvalue weighted by Gasteiger charge is 2.29. The zero-order chi connectivity index (χ0) is 12.3. The van der Waals surface area contributed by atoms with Gasteiger partial charge in [-0.15, -0.1) is 0 Å². The van der Waals surface area contributed by atoms with Crippen LogP contribution in [0.2, 0.25) is 0 Å². The first-order valence-corrected chi connectivity index (χ1v) is 5.22. The molecule has 1 saturated heterocycles. The summed E-state index contributed by atoms with van der Waals surface area (Å²) in [5.41, 5.74) is 5.54. The standard InChI is InChI=1S/C10H12N6O/c11-5-7-10(15-2-1-14-7)16-4-3-13-6-8(16)9(12)17/h1-2,8,13H,3-4,6H2,(H2,12,17). The number of carbonyl (C=O) groups excluding carboxylic acids is 1. The Balaban J connectivity index is 2.36. The number of carbonyl (C=O) groups is 1. The average molecular weight is 232 g/mol. The smallest absolute Gasteiger partial charge is 0.241 e. The van der Waals surface area contributed by atoms with Crippen LogP contribution in [0.15, 0.2) is 12.4 Å². The molecule has 7 heteroatoms. The van der Waals surface area contributed by atoms with E-state index in [4.69, 9.17) is 11.0 Å². The van der Waals surface area contributed by atoms with E-state index in [0.717, 1.165) is 0 Å². The highest BCUT2D eigenvalue weighted by molar-refractivity contribution is 5.84. The van der Waals surface area contributed by atoms with Crippen LogP contribution < -0.4 is 16.0 Å². The summed E-state index contributed by atoms with van der Waals surface area (Å²) in [7, 11) is 0. The summed E-state index contributed by atoms with van der Waals surface area (Å²) in [4.78, 5) is 21.1.